The van der Waals surface area contributed by atoms with Crippen molar-refractivity contribution in [3.63, 3.8) is 0 Å². The Morgan fingerprint density at radius 3 is 2.67 bits per heavy atom. The summed E-state index contributed by atoms with van der Waals surface area (Å²) in [6.07, 6.45) is 0. The van der Waals surface area contributed by atoms with Crippen LogP contribution in [0.2, 0.25) is 0 Å². The van der Waals surface area contributed by atoms with E-state index in [2.05, 4.69) is 20.8 Å². The standard InChI is InChI=1S/C13H21N5O2S/c1-7(2)9-10(19)14-5-6-18(9)13(20)15-12-17-16-11(21-12)8(3)4/h7-9H,5-6H2,1-4H3,(H,14,19)(H,15,17,20). The minimum Gasteiger partial charge on any atom is -0.353 e. The zero-order chi connectivity index (χ0) is 15.6. The normalized spacial score (nSPS) is 19.0. The molecular weight excluding hydrogens is 290 g/mol. The van der Waals surface area contributed by atoms with Gasteiger partial charge < -0.3 is 10.2 Å². The molecule has 116 valence electrons. The summed E-state index contributed by atoms with van der Waals surface area (Å²) in [5, 5.41) is 14.9. The second kappa shape index (κ2) is 6.38. The van der Waals surface area contributed by atoms with E-state index in [0.717, 1.165) is 5.01 Å². The summed E-state index contributed by atoms with van der Waals surface area (Å²) < 4.78 is 0. The maximum Gasteiger partial charge on any atom is 0.324 e. The van der Waals surface area contributed by atoms with Gasteiger partial charge in [0.2, 0.25) is 11.0 Å². The average Bonchev–Trinajstić information content (AvgIpc) is 2.86. The summed E-state index contributed by atoms with van der Waals surface area (Å²) in [4.78, 5) is 25.9. The van der Waals surface area contributed by atoms with Gasteiger partial charge in [-0.1, -0.05) is 39.0 Å². The number of piperazine rings is 1. The van der Waals surface area contributed by atoms with Crippen LogP contribution in [0.25, 0.3) is 0 Å². The Morgan fingerprint density at radius 1 is 1.38 bits per heavy atom. The molecule has 0 bridgehead atoms. The highest BCUT2D eigenvalue weighted by Gasteiger charge is 2.35. The van der Waals surface area contributed by atoms with Gasteiger partial charge in [-0.25, -0.2) is 4.79 Å². The Kier molecular flexibility index (Phi) is 4.76. The topological polar surface area (TPSA) is 87.2 Å². The molecule has 21 heavy (non-hydrogen) atoms. The van der Waals surface area contributed by atoms with Crippen molar-refractivity contribution in [2.75, 3.05) is 18.4 Å². The summed E-state index contributed by atoms with van der Waals surface area (Å²) in [6, 6.07) is -0.744. The number of nitrogens with zero attached hydrogens (tertiary/aromatic N) is 3. The molecule has 8 heteroatoms. The Bertz CT molecular complexity index is 528. The highest BCUT2D eigenvalue weighted by atomic mass is 32.1. The van der Waals surface area contributed by atoms with Crippen LogP contribution in [0.3, 0.4) is 0 Å². The van der Waals surface area contributed by atoms with Gasteiger partial charge in [0.25, 0.3) is 0 Å². The van der Waals surface area contributed by atoms with Crippen molar-refractivity contribution in [1.82, 2.24) is 20.4 Å². The van der Waals surface area contributed by atoms with Gasteiger partial charge in [-0.2, -0.15) is 0 Å². The van der Waals surface area contributed by atoms with E-state index in [4.69, 9.17) is 0 Å². The van der Waals surface area contributed by atoms with Gasteiger partial charge in [0.15, 0.2) is 0 Å². The predicted molar refractivity (Wildman–Crippen MR) is 81.4 cm³/mol. The van der Waals surface area contributed by atoms with E-state index >= 15 is 0 Å². The van der Waals surface area contributed by atoms with Crippen LogP contribution in [-0.2, 0) is 4.79 Å². The lowest BCUT2D eigenvalue weighted by atomic mass is 10.0. The molecule has 0 aliphatic carbocycles. The summed E-state index contributed by atoms with van der Waals surface area (Å²) >= 11 is 1.36. The lowest BCUT2D eigenvalue weighted by Crippen LogP contribution is -2.60. The SMILES string of the molecule is CC(C)c1nnc(NC(=O)N2CCNC(=O)C2C(C)C)s1. The molecule has 0 saturated carbocycles. The zero-order valence-electron chi connectivity index (χ0n) is 12.7. The fraction of sp³-hybridized carbons (Fsp3) is 0.692. The van der Waals surface area contributed by atoms with Crippen molar-refractivity contribution < 1.29 is 9.59 Å². The summed E-state index contributed by atoms with van der Waals surface area (Å²) in [5.41, 5.74) is 0. The quantitative estimate of drug-likeness (QED) is 0.888. The van der Waals surface area contributed by atoms with Gasteiger partial charge in [-0.15, -0.1) is 10.2 Å². The molecule has 3 amide bonds. The number of hydrogen-bond acceptors (Lipinski definition) is 5. The highest BCUT2D eigenvalue weighted by Crippen LogP contribution is 2.23. The third-order valence-corrected chi connectivity index (χ3v) is 4.44. The number of hydrogen-bond donors (Lipinski definition) is 2. The van der Waals surface area contributed by atoms with Gasteiger partial charge in [0.1, 0.15) is 11.0 Å². The molecule has 0 radical (unpaired) electrons. The molecule has 1 fully saturated rings. The Morgan fingerprint density at radius 2 is 2.10 bits per heavy atom. The third kappa shape index (κ3) is 3.49. The molecule has 1 unspecified atom stereocenters. The van der Waals surface area contributed by atoms with Crippen LogP contribution < -0.4 is 10.6 Å². The van der Waals surface area contributed by atoms with E-state index in [1.807, 2.05) is 27.7 Å². The van der Waals surface area contributed by atoms with Gasteiger partial charge in [0, 0.05) is 19.0 Å². The van der Waals surface area contributed by atoms with E-state index in [1.165, 1.54) is 11.3 Å². The Labute approximate surface area is 128 Å². The van der Waals surface area contributed by atoms with E-state index in [1.54, 1.807) is 4.90 Å². The molecule has 2 rings (SSSR count). The fourth-order valence-corrected chi connectivity index (χ4v) is 2.99. The van der Waals surface area contributed by atoms with Crippen molar-refractivity contribution in [3.05, 3.63) is 5.01 Å². The van der Waals surface area contributed by atoms with E-state index < -0.39 is 6.04 Å². The highest BCUT2D eigenvalue weighted by molar-refractivity contribution is 7.15. The van der Waals surface area contributed by atoms with Crippen molar-refractivity contribution in [1.29, 1.82) is 0 Å². The van der Waals surface area contributed by atoms with Crippen LogP contribution >= 0.6 is 11.3 Å². The first-order valence-electron chi connectivity index (χ1n) is 7.09. The first kappa shape index (κ1) is 15.7. The number of nitrogens with one attached hydrogen (secondary N) is 2. The van der Waals surface area contributed by atoms with E-state index in [0.29, 0.717) is 18.2 Å². The first-order chi connectivity index (χ1) is 9.90. The molecule has 7 nitrogen and oxygen atoms in total. The van der Waals surface area contributed by atoms with Crippen LogP contribution in [0, 0.1) is 5.92 Å². The molecule has 1 aliphatic heterocycles. The smallest absolute Gasteiger partial charge is 0.324 e. The van der Waals surface area contributed by atoms with Crippen LogP contribution in [0.5, 0.6) is 0 Å². The predicted octanol–water partition coefficient (Wildman–Crippen LogP) is 1.65. The van der Waals surface area contributed by atoms with Crippen molar-refractivity contribution >= 4 is 28.4 Å². The first-order valence-corrected chi connectivity index (χ1v) is 7.90. The summed E-state index contributed by atoms with van der Waals surface area (Å²) in [6.45, 7) is 8.88. The lowest BCUT2D eigenvalue weighted by molar-refractivity contribution is -0.129. The van der Waals surface area contributed by atoms with Gasteiger partial charge in [-0.05, 0) is 5.92 Å². The molecular formula is C13H21N5O2S. The second-order valence-corrected chi connectivity index (χ2v) is 6.71. The number of aromatic nitrogens is 2. The summed E-state index contributed by atoms with van der Waals surface area (Å²) in [7, 11) is 0. The van der Waals surface area contributed by atoms with Gasteiger partial charge >= 0.3 is 6.03 Å². The monoisotopic (exact) mass is 311 g/mol. The molecule has 0 spiro atoms. The number of urea groups is 1. The van der Waals surface area contributed by atoms with Crippen molar-refractivity contribution in [2.24, 2.45) is 5.92 Å². The number of anilines is 1. The van der Waals surface area contributed by atoms with Crippen molar-refractivity contribution in [2.45, 2.75) is 39.7 Å². The van der Waals surface area contributed by atoms with Crippen LogP contribution in [0.15, 0.2) is 0 Å². The van der Waals surface area contributed by atoms with Crippen LogP contribution in [-0.4, -0.2) is 46.2 Å². The molecule has 2 heterocycles. The Balaban J connectivity index is 2.08. The van der Waals surface area contributed by atoms with E-state index in [-0.39, 0.29) is 23.8 Å². The molecule has 1 atom stereocenters. The molecule has 2 N–H and O–H groups in total. The van der Waals surface area contributed by atoms with Crippen LogP contribution in [0.1, 0.15) is 38.6 Å². The third-order valence-electron chi connectivity index (χ3n) is 3.30. The van der Waals surface area contributed by atoms with Gasteiger partial charge in [-0.3, -0.25) is 10.1 Å². The van der Waals surface area contributed by atoms with Gasteiger partial charge in [0.05, 0.1) is 0 Å². The molecule has 1 aromatic rings. The van der Waals surface area contributed by atoms with Crippen molar-refractivity contribution in [3.8, 4) is 0 Å². The molecule has 1 aromatic heterocycles. The van der Waals surface area contributed by atoms with E-state index in [9.17, 15) is 9.59 Å². The average molecular weight is 311 g/mol. The van der Waals surface area contributed by atoms with Crippen LogP contribution in [0.4, 0.5) is 9.93 Å². The zero-order valence-corrected chi connectivity index (χ0v) is 13.5. The number of carbonyl (C=O) groups is 2. The minimum absolute atomic E-state index is 0.0525. The number of rotatable bonds is 3. The molecule has 0 aromatic carbocycles. The largest absolute Gasteiger partial charge is 0.353 e. The minimum atomic E-state index is -0.448. The number of amides is 3. The maximum atomic E-state index is 12.4. The maximum absolute atomic E-state index is 12.4. The molecule has 1 saturated heterocycles. The molecule has 1 aliphatic rings. The second-order valence-electron chi connectivity index (χ2n) is 5.70. The Hall–Kier alpha value is -1.70. The lowest BCUT2D eigenvalue weighted by Gasteiger charge is -2.36. The fourth-order valence-electron chi connectivity index (χ4n) is 2.26. The summed E-state index contributed by atoms with van der Waals surface area (Å²) in [5.74, 6) is 0.223. The number of carbonyl (C=O) groups excluding carboxylic acids is 2.